The van der Waals surface area contributed by atoms with E-state index >= 15 is 0 Å². The molecule has 0 saturated heterocycles. The molecule has 3 aromatic carbocycles. The molecule has 29 heavy (non-hydrogen) atoms. The fraction of sp³-hybridized carbons (Fsp3) is 0.120. The second kappa shape index (κ2) is 9.51. The first-order chi connectivity index (χ1) is 14.0. The van der Waals surface area contributed by atoms with Crippen LogP contribution in [0.5, 0.6) is 0 Å². The molecule has 0 unspecified atom stereocenters. The number of aryl methyl sites for hydroxylation is 2. The van der Waals surface area contributed by atoms with Gasteiger partial charge in [0.2, 0.25) is 0 Å². The van der Waals surface area contributed by atoms with E-state index in [1.807, 2.05) is 48.5 Å². The lowest BCUT2D eigenvalue weighted by Crippen LogP contribution is -2.16. The molecular weight excluding hydrogens is 362 g/mol. The molecule has 0 radical (unpaired) electrons. The van der Waals surface area contributed by atoms with Gasteiger partial charge in [0.05, 0.1) is 11.3 Å². The van der Waals surface area contributed by atoms with Gasteiger partial charge >= 0.3 is 5.97 Å². The number of nitrogens with one attached hydrogen (secondary N) is 1. The first kappa shape index (κ1) is 20.1. The third-order valence-corrected chi connectivity index (χ3v) is 4.65. The lowest BCUT2D eigenvalue weighted by molar-refractivity contribution is -0.112. The number of anilines is 1. The smallest absolute Gasteiger partial charge is 0.337 e. The second-order valence-electron chi connectivity index (χ2n) is 6.86. The van der Waals surface area contributed by atoms with E-state index < -0.39 is 5.97 Å². The van der Waals surface area contributed by atoms with Gasteiger partial charge in [0, 0.05) is 5.57 Å². The average Bonchev–Trinajstić information content (AvgIpc) is 2.73. The Morgan fingerprint density at radius 1 is 0.862 bits per heavy atom. The summed E-state index contributed by atoms with van der Waals surface area (Å²) in [5.74, 6) is -1.39. The highest BCUT2D eigenvalue weighted by molar-refractivity contribution is 6.09. The van der Waals surface area contributed by atoms with Crippen LogP contribution in [0.15, 0.2) is 84.4 Å². The van der Waals surface area contributed by atoms with Crippen molar-refractivity contribution in [1.82, 2.24) is 0 Å². The van der Waals surface area contributed by atoms with E-state index in [2.05, 4.69) is 17.4 Å². The Labute approximate surface area is 170 Å². The molecule has 0 aliphatic rings. The highest BCUT2D eigenvalue weighted by Crippen LogP contribution is 2.21. The Hall–Kier alpha value is -3.66. The number of amides is 1. The van der Waals surface area contributed by atoms with E-state index in [1.165, 1.54) is 5.56 Å². The van der Waals surface area contributed by atoms with Crippen LogP contribution in [0.3, 0.4) is 0 Å². The summed E-state index contributed by atoms with van der Waals surface area (Å²) in [6.07, 6.45) is 3.37. The van der Waals surface area contributed by atoms with Crippen LogP contribution in [0.2, 0.25) is 0 Å². The van der Waals surface area contributed by atoms with Gasteiger partial charge in [-0.2, -0.15) is 0 Å². The van der Waals surface area contributed by atoms with Crippen molar-refractivity contribution < 1.29 is 14.7 Å². The van der Waals surface area contributed by atoms with Gasteiger partial charge in [-0.15, -0.1) is 0 Å². The van der Waals surface area contributed by atoms with Gasteiger partial charge in [-0.1, -0.05) is 66.7 Å². The van der Waals surface area contributed by atoms with Gasteiger partial charge < -0.3 is 10.4 Å². The molecule has 1 amide bonds. The van der Waals surface area contributed by atoms with E-state index in [0.717, 1.165) is 24.0 Å². The largest absolute Gasteiger partial charge is 0.478 e. The molecule has 146 valence electrons. The van der Waals surface area contributed by atoms with Crippen LogP contribution in [0, 0.1) is 0 Å². The van der Waals surface area contributed by atoms with Crippen molar-refractivity contribution in [3.63, 3.8) is 0 Å². The predicted molar refractivity (Wildman–Crippen MR) is 116 cm³/mol. The first-order valence-electron chi connectivity index (χ1n) is 9.48. The molecule has 0 bridgehead atoms. The van der Waals surface area contributed by atoms with E-state index in [-0.39, 0.29) is 11.5 Å². The summed E-state index contributed by atoms with van der Waals surface area (Å²) in [6.45, 7) is 1.71. The molecule has 4 heteroatoms. The summed E-state index contributed by atoms with van der Waals surface area (Å²) in [5, 5.41) is 12.2. The molecule has 0 fully saturated rings. The standard InChI is InChI=1S/C25H23NO3/c1-18(16-20-10-6-3-7-11-20)24(27)26-23-17-21(14-15-22(23)25(28)29)13-12-19-8-4-2-5-9-19/h2-11,14-17H,12-13H2,1H3,(H,26,27)(H,28,29). The van der Waals surface area contributed by atoms with E-state index in [4.69, 9.17) is 0 Å². The summed E-state index contributed by atoms with van der Waals surface area (Å²) in [6, 6.07) is 24.7. The number of carboxylic acids is 1. The van der Waals surface area contributed by atoms with E-state index in [9.17, 15) is 14.7 Å². The number of rotatable bonds is 7. The number of benzene rings is 3. The Balaban J connectivity index is 1.78. The molecule has 0 atom stereocenters. The Kier molecular flexibility index (Phi) is 6.59. The molecule has 0 aliphatic heterocycles. The Morgan fingerprint density at radius 3 is 2.14 bits per heavy atom. The van der Waals surface area contributed by atoms with Crippen molar-refractivity contribution in [2.24, 2.45) is 0 Å². The van der Waals surface area contributed by atoms with Crippen molar-refractivity contribution in [3.8, 4) is 0 Å². The van der Waals surface area contributed by atoms with E-state index in [0.29, 0.717) is 11.3 Å². The second-order valence-corrected chi connectivity index (χ2v) is 6.86. The van der Waals surface area contributed by atoms with Gasteiger partial charge in [-0.3, -0.25) is 4.79 Å². The molecule has 3 aromatic rings. The number of carboxylic acid groups (broad SMARTS) is 1. The highest BCUT2D eigenvalue weighted by Gasteiger charge is 2.14. The van der Waals surface area contributed by atoms with Crippen LogP contribution >= 0.6 is 0 Å². The maximum atomic E-state index is 12.6. The minimum atomic E-state index is -1.07. The molecule has 4 nitrogen and oxygen atoms in total. The summed E-state index contributed by atoms with van der Waals surface area (Å²) in [4.78, 5) is 24.2. The summed E-state index contributed by atoms with van der Waals surface area (Å²) in [5.41, 5.74) is 3.99. The molecule has 3 rings (SSSR count). The molecule has 0 spiro atoms. The molecular formula is C25H23NO3. The van der Waals surface area contributed by atoms with Crippen LogP contribution in [-0.4, -0.2) is 17.0 Å². The number of hydrogen-bond donors (Lipinski definition) is 2. The van der Waals surface area contributed by atoms with Crippen LogP contribution in [-0.2, 0) is 17.6 Å². The maximum Gasteiger partial charge on any atom is 0.337 e. The van der Waals surface area contributed by atoms with Gasteiger partial charge in [-0.25, -0.2) is 4.79 Å². The topological polar surface area (TPSA) is 66.4 Å². The van der Waals surface area contributed by atoms with Crippen molar-refractivity contribution >= 4 is 23.6 Å². The van der Waals surface area contributed by atoms with Crippen LogP contribution in [0.1, 0.15) is 34.0 Å². The number of hydrogen-bond acceptors (Lipinski definition) is 2. The number of aromatic carboxylic acids is 1. The van der Waals surface area contributed by atoms with Crippen LogP contribution in [0.25, 0.3) is 6.08 Å². The summed E-state index contributed by atoms with van der Waals surface area (Å²) in [7, 11) is 0. The van der Waals surface area contributed by atoms with Crippen molar-refractivity contribution in [3.05, 3.63) is 107 Å². The third-order valence-electron chi connectivity index (χ3n) is 4.65. The quantitative estimate of drug-likeness (QED) is 0.549. The predicted octanol–water partition coefficient (Wildman–Crippen LogP) is 5.21. The molecule has 0 saturated carbocycles. The maximum absolute atomic E-state index is 12.6. The fourth-order valence-electron chi connectivity index (χ4n) is 3.06. The Morgan fingerprint density at radius 2 is 1.48 bits per heavy atom. The third kappa shape index (κ3) is 5.66. The monoisotopic (exact) mass is 385 g/mol. The highest BCUT2D eigenvalue weighted by atomic mass is 16.4. The lowest BCUT2D eigenvalue weighted by Gasteiger charge is -2.11. The first-order valence-corrected chi connectivity index (χ1v) is 9.48. The minimum Gasteiger partial charge on any atom is -0.478 e. The SMILES string of the molecule is CC(=Cc1ccccc1)C(=O)Nc1cc(CCc2ccccc2)ccc1C(=O)O. The lowest BCUT2D eigenvalue weighted by atomic mass is 10.0. The fourth-order valence-corrected chi connectivity index (χ4v) is 3.06. The minimum absolute atomic E-state index is 0.0781. The normalized spacial score (nSPS) is 11.1. The number of carbonyl (C=O) groups excluding carboxylic acids is 1. The van der Waals surface area contributed by atoms with Gasteiger partial charge in [0.15, 0.2) is 0 Å². The summed E-state index contributed by atoms with van der Waals surface area (Å²) >= 11 is 0. The van der Waals surface area contributed by atoms with Crippen LogP contribution < -0.4 is 5.32 Å². The summed E-state index contributed by atoms with van der Waals surface area (Å²) < 4.78 is 0. The average molecular weight is 385 g/mol. The Bertz CT molecular complexity index is 1020. The molecule has 2 N–H and O–H groups in total. The zero-order valence-corrected chi connectivity index (χ0v) is 16.3. The van der Waals surface area contributed by atoms with Crippen LogP contribution in [0.4, 0.5) is 5.69 Å². The van der Waals surface area contributed by atoms with Crippen molar-refractivity contribution in [2.75, 3.05) is 5.32 Å². The molecule has 0 heterocycles. The zero-order valence-electron chi connectivity index (χ0n) is 16.3. The van der Waals surface area contributed by atoms with Crippen molar-refractivity contribution in [1.29, 1.82) is 0 Å². The van der Waals surface area contributed by atoms with Gasteiger partial charge in [-0.05, 0) is 54.7 Å². The van der Waals surface area contributed by atoms with Crippen molar-refractivity contribution in [2.45, 2.75) is 19.8 Å². The molecule has 0 aromatic heterocycles. The van der Waals surface area contributed by atoms with E-state index in [1.54, 1.807) is 31.2 Å². The number of carbonyl (C=O) groups is 2. The van der Waals surface area contributed by atoms with Gasteiger partial charge in [0.25, 0.3) is 5.91 Å². The zero-order chi connectivity index (χ0) is 20.6. The van der Waals surface area contributed by atoms with Gasteiger partial charge in [0.1, 0.15) is 0 Å². The molecule has 0 aliphatic carbocycles.